The molecule has 0 saturated heterocycles. The van der Waals surface area contributed by atoms with Crippen LogP contribution in [0, 0.1) is 18.6 Å². The van der Waals surface area contributed by atoms with Crippen LogP contribution in [-0.4, -0.2) is 41.2 Å². The minimum Gasteiger partial charge on any atom is -0.349 e. The van der Waals surface area contributed by atoms with Gasteiger partial charge in [-0.05, 0) is 46.1 Å². The van der Waals surface area contributed by atoms with Gasteiger partial charge in [-0.25, -0.2) is 8.78 Å². The summed E-state index contributed by atoms with van der Waals surface area (Å²) in [4.78, 5) is 14.1. The lowest BCUT2D eigenvalue weighted by Crippen LogP contribution is -2.36. The highest BCUT2D eigenvalue weighted by Gasteiger charge is 2.23. The summed E-state index contributed by atoms with van der Waals surface area (Å²) in [7, 11) is 3.42. The molecule has 1 aromatic heterocycles. The van der Waals surface area contributed by atoms with Crippen molar-refractivity contribution in [3.8, 4) is 0 Å². The highest BCUT2D eigenvalue weighted by molar-refractivity contribution is 5.92. The molecule has 0 aliphatic carbocycles. The molecule has 0 bridgehead atoms. The molecular formula is C17H22F2N4O. The first-order valence-corrected chi connectivity index (χ1v) is 7.78. The third-order valence-corrected chi connectivity index (χ3v) is 3.85. The number of likely N-dealkylation sites (N-methyl/N-ethyl adjacent to an activating group) is 1. The summed E-state index contributed by atoms with van der Waals surface area (Å²) >= 11 is 0. The van der Waals surface area contributed by atoms with E-state index in [1.54, 1.807) is 36.7 Å². The Balaban J connectivity index is 2.19. The van der Waals surface area contributed by atoms with Crippen LogP contribution in [0.25, 0.3) is 0 Å². The lowest BCUT2D eigenvalue weighted by Gasteiger charge is -2.25. The van der Waals surface area contributed by atoms with E-state index in [1.165, 1.54) is 18.2 Å². The number of aromatic nitrogens is 2. The van der Waals surface area contributed by atoms with E-state index in [0.717, 1.165) is 5.69 Å². The van der Waals surface area contributed by atoms with E-state index in [4.69, 9.17) is 0 Å². The highest BCUT2D eigenvalue weighted by atomic mass is 19.1. The second kappa shape index (κ2) is 7.53. The van der Waals surface area contributed by atoms with Crippen molar-refractivity contribution in [2.75, 3.05) is 20.6 Å². The summed E-state index contributed by atoms with van der Waals surface area (Å²) < 4.78 is 29.7. The smallest absolute Gasteiger partial charge is 0.269 e. The summed E-state index contributed by atoms with van der Waals surface area (Å²) in [6.45, 7) is 4.34. The predicted octanol–water partition coefficient (Wildman–Crippen LogP) is 2.52. The van der Waals surface area contributed by atoms with Crippen molar-refractivity contribution in [1.82, 2.24) is 20.0 Å². The van der Waals surface area contributed by atoms with Crippen LogP contribution >= 0.6 is 0 Å². The number of aryl methyl sites for hydroxylation is 2. The maximum Gasteiger partial charge on any atom is 0.269 e. The highest BCUT2D eigenvalue weighted by Crippen LogP contribution is 2.24. The summed E-state index contributed by atoms with van der Waals surface area (Å²) in [5, 5.41) is 6.97. The van der Waals surface area contributed by atoms with E-state index >= 15 is 0 Å². The maximum absolute atomic E-state index is 14.0. The molecule has 0 aliphatic rings. The number of hydrogen-bond acceptors (Lipinski definition) is 3. The van der Waals surface area contributed by atoms with Crippen molar-refractivity contribution in [2.24, 2.45) is 0 Å². The predicted molar refractivity (Wildman–Crippen MR) is 87.8 cm³/mol. The lowest BCUT2D eigenvalue weighted by molar-refractivity contribution is 0.0930. The molecule has 0 radical (unpaired) electrons. The van der Waals surface area contributed by atoms with Gasteiger partial charge in [-0.3, -0.25) is 9.48 Å². The van der Waals surface area contributed by atoms with Crippen LogP contribution in [0.1, 0.15) is 34.7 Å². The SMILES string of the molecule is CCn1nc(C)cc1C(=O)NCC(c1c(F)cccc1F)N(C)C. The Morgan fingerprint density at radius 3 is 2.50 bits per heavy atom. The van der Waals surface area contributed by atoms with E-state index in [2.05, 4.69) is 10.4 Å². The second-order valence-corrected chi connectivity index (χ2v) is 5.81. The third-order valence-electron chi connectivity index (χ3n) is 3.85. The molecule has 1 heterocycles. The summed E-state index contributed by atoms with van der Waals surface area (Å²) in [5.41, 5.74) is 1.12. The number of benzene rings is 1. The Bertz CT molecular complexity index is 707. The second-order valence-electron chi connectivity index (χ2n) is 5.81. The molecule has 0 aliphatic heterocycles. The van der Waals surface area contributed by atoms with Crippen LogP contribution in [0.5, 0.6) is 0 Å². The zero-order valence-electron chi connectivity index (χ0n) is 14.3. The summed E-state index contributed by atoms with van der Waals surface area (Å²) in [5.74, 6) is -1.57. The van der Waals surface area contributed by atoms with Crippen molar-refractivity contribution < 1.29 is 13.6 Å². The van der Waals surface area contributed by atoms with Gasteiger partial charge in [0.15, 0.2) is 0 Å². The van der Waals surface area contributed by atoms with Crippen LogP contribution in [0.15, 0.2) is 24.3 Å². The largest absolute Gasteiger partial charge is 0.349 e. The summed E-state index contributed by atoms with van der Waals surface area (Å²) in [6, 6.07) is 4.82. The van der Waals surface area contributed by atoms with Gasteiger partial charge in [0.2, 0.25) is 0 Å². The Morgan fingerprint density at radius 1 is 1.33 bits per heavy atom. The van der Waals surface area contributed by atoms with Crippen LogP contribution in [0.3, 0.4) is 0 Å². The normalized spacial score (nSPS) is 12.5. The minimum atomic E-state index is -0.627. The van der Waals surface area contributed by atoms with Gasteiger partial charge >= 0.3 is 0 Å². The first-order chi connectivity index (χ1) is 11.3. The molecule has 130 valence electrons. The molecule has 2 aromatic rings. The Hall–Kier alpha value is -2.28. The number of carbonyl (C=O) groups is 1. The lowest BCUT2D eigenvalue weighted by atomic mass is 10.0. The fraction of sp³-hybridized carbons (Fsp3) is 0.412. The number of nitrogens with zero attached hydrogens (tertiary/aromatic N) is 3. The maximum atomic E-state index is 14.0. The first kappa shape index (κ1) is 18.1. The monoisotopic (exact) mass is 336 g/mol. The Kier molecular flexibility index (Phi) is 5.66. The molecule has 1 N–H and O–H groups in total. The van der Waals surface area contributed by atoms with Crippen LogP contribution < -0.4 is 5.32 Å². The van der Waals surface area contributed by atoms with Crippen molar-refractivity contribution in [2.45, 2.75) is 26.4 Å². The fourth-order valence-corrected chi connectivity index (χ4v) is 2.62. The Labute approximate surface area is 140 Å². The third kappa shape index (κ3) is 3.79. The molecule has 0 fully saturated rings. The topological polar surface area (TPSA) is 50.2 Å². The van der Waals surface area contributed by atoms with Gasteiger partial charge in [0.1, 0.15) is 17.3 Å². The number of halogens is 2. The Morgan fingerprint density at radius 2 is 1.96 bits per heavy atom. The molecular weight excluding hydrogens is 314 g/mol. The molecule has 1 atom stereocenters. The molecule has 1 unspecified atom stereocenters. The zero-order chi connectivity index (χ0) is 17.9. The van der Waals surface area contributed by atoms with E-state index in [-0.39, 0.29) is 18.0 Å². The molecule has 24 heavy (non-hydrogen) atoms. The minimum absolute atomic E-state index is 0.0528. The number of nitrogens with one attached hydrogen (secondary N) is 1. The van der Waals surface area contributed by atoms with Gasteiger partial charge in [-0.15, -0.1) is 0 Å². The average molecular weight is 336 g/mol. The van der Waals surface area contributed by atoms with Gasteiger partial charge < -0.3 is 10.2 Å². The molecule has 7 heteroatoms. The average Bonchev–Trinajstić information content (AvgIpc) is 2.90. The summed E-state index contributed by atoms with van der Waals surface area (Å²) in [6.07, 6.45) is 0. The quantitative estimate of drug-likeness (QED) is 0.882. The van der Waals surface area contributed by atoms with Crippen LogP contribution in [0.2, 0.25) is 0 Å². The van der Waals surface area contributed by atoms with Crippen molar-refractivity contribution >= 4 is 5.91 Å². The van der Waals surface area contributed by atoms with E-state index < -0.39 is 17.7 Å². The standard InChI is InChI=1S/C17H22F2N4O/c1-5-23-14(9-11(2)21-23)17(24)20-10-15(22(3)4)16-12(18)7-6-8-13(16)19/h6-9,15H,5,10H2,1-4H3,(H,20,24). The number of hydrogen-bond donors (Lipinski definition) is 1. The van der Waals surface area contributed by atoms with E-state index in [9.17, 15) is 13.6 Å². The van der Waals surface area contributed by atoms with Gasteiger partial charge in [0, 0.05) is 18.7 Å². The number of carbonyl (C=O) groups excluding carboxylic acids is 1. The molecule has 2 rings (SSSR count). The van der Waals surface area contributed by atoms with Gasteiger partial charge in [-0.2, -0.15) is 5.10 Å². The molecule has 0 saturated carbocycles. The molecule has 1 aromatic carbocycles. The number of rotatable bonds is 6. The molecule has 0 spiro atoms. The van der Waals surface area contributed by atoms with Gasteiger partial charge in [-0.1, -0.05) is 6.07 Å². The van der Waals surface area contributed by atoms with Crippen LogP contribution in [0.4, 0.5) is 8.78 Å². The van der Waals surface area contributed by atoms with Crippen molar-refractivity contribution in [3.63, 3.8) is 0 Å². The van der Waals surface area contributed by atoms with E-state index in [1.807, 2.05) is 6.92 Å². The van der Waals surface area contributed by atoms with Crippen molar-refractivity contribution in [3.05, 3.63) is 52.9 Å². The number of amides is 1. The zero-order valence-corrected chi connectivity index (χ0v) is 14.3. The van der Waals surface area contributed by atoms with E-state index in [0.29, 0.717) is 12.2 Å². The van der Waals surface area contributed by atoms with Gasteiger partial charge in [0.05, 0.1) is 11.7 Å². The van der Waals surface area contributed by atoms with Gasteiger partial charge in [0.25, 0.3) is 5.91 Å². The first-order valence-electron chi connectivity index (χ1n) is 7.78. The van der Waals surface area contributed by atoms with Crippen molar-refractivity contribution in [1.29, 1.82) is 0 Å². The molecule has 1 amide bonds. The fourth-order valence-electron chi connectivity index (χ4n) is 2.62. The van der Waals surface area contributed by atoms with Crippen LogP contribution in [-0.2, 0) is 6.54 Å². The molecule has 5 nitrogen and oxygen atoms in total.